The Bertz CT molecular complexity index is 817. The van der Waals surface area contributed by atoms with Crippen molar-refractivity contribution in [3.05, 3.63) is 27.8 Å². The number of piperazine rings is 1. The molecule has 0 bridgehead atoms. The fraction of sp³-hybridized carbons (Fsp3) is 0.500. The highest BCUT2D eigenvalue weighted by Gasteiger charge is 2.21. The number of ether oxygens (including phenoxy) is 1. The first-order valence-corrected chi connectivity index (χ1v) is 9.36. The summed E-state index contributed by atoms with van der Waals surface area (Å²) in [5, 5.41) is 14.3. The molecule has 3 heterocycles. The van der Waals surface area contributed by atoms with Crippen LogP contribution in [0.25, 0.3) is 0 Å². The molecule has 132 valence electrons. The van der Waals surface area contributed by atoms with Crippen molar-refractivity contribution in [3.63, 3.8) is 0 Å². The molecule has 0 spiro atoms. The van der Waals surface area contributed by atoms with Crippen LogP contribution in [0.3, 0.4) is 0 Å². The van der Waals surface area contributed by atoms with Crippen LogP contribution in [0.5, 0.6) is 5.19 Å². The van der Waals surface area contributed by atoms with E-state index in [1.807, 2.05) is 18.5 Å². The molecule has 1 saturated heterocycles. The molecule has 1 aliphatic heterocycles. The summed E-state index contributed by atoms with van der Waals surface area (Å²) < 4.78 is 8.15. The first-order valence-electron chi connectivity index (χ1n) is 8.14. The Morgan fingerprint density at radius 2 is 2.12 bits per heavy atom. The molecule has 7 nitrogen and oxygen atoms in total. The van der Waals surface area contributed by atoms with Crippen molar-refractivity contribution in [1.29, 1.82) is 5.26 Å². The van der Waals surface area contributed by atoms with Gasteiger partial charge in [-0.15, -0.1) is 5.10 Å². The van der Waals surface area contributed by atoms with Crippen LogP contribution < -0.4 is 9.64 Å². The van der Waals surface area contributed by atoms with Crippen LogP contribution in [0.4, 0.5) is 5.82 Å². The zero-order valence-corrected chi connectivity index (χ0v) is 15.9. The predicted octanol–water partition coefficient (Wildman–Crippen LogP) is 2.51. The topological polar surface area (TPSA) is 70.2 Å². The maximum absolute atomic E-state index is 9.23. The van der Waals surface area contributed by atoms with Gasteiger partial charge in [-0.1, -0.05) is 0 Å². The summed E-state index contributed by atoms with van der Waals surface area (Å²) >= 11 is 6.78. The number of pyridine rings is 1. The van der Waals surface area contributed by atoms with Gasteiger partial charge in [-0.2, -0.15) is 5.26 Å². The molecule has 1 fully saturated rings. The molecule has 0 atom stereocenters. The van der Waals surface area contributed by atoms with E-state index < -0.39 is 0 Å². The van der Waals surface area contributed by atoms with Gasteiger partial charge in [0.2, 0.25) is 0 Å². The largest absolute Gasteiger partial charge is 0.466 e. The van der Waals surface area contributed by atoms with Gasteiger partial charge in [0.1, 0.15) is 11.9 Å². The van der Waals surface area contributed by atoms with Gasteiger partial charge >= 0.3 is 0 Å². The number of nitrogens with zero attached hydrogens (tertiary/aromatic N) is 6. The summed E-state index contributed by atoms with van der Waals surface area (Å²) in [7, 11) is 0. The number of hydrogen-bond donors (Lipinski definition) is 0. The van der Waals surface area contributed by atoms with Crippen molar-refractivity contribution in [2.24, 2.45) is 0 Å². The fourth-order valence-corrected chi connectivity index (χ4v) is 3.70. The van der Waals surface area contributed by atoms with E-state index in [2.05, 4.69) is 26.0 Å². The van der Waals surface area contributed by atoms with E-state index >= 15 is 0 Å². The zero-order chi connectivity index (χ0) is 17.8. The number of rotatable bonds is 5. The molecule has 25 heavy (non-hydrogen) atoms. The van der Waals surface area contributed by atoms with Crippen molar-refractivity contribution in [2.45, 2.75) is 26.6 Å². The van der Waals surface area contributed by atoms with E-state index in [9.17, 15) is 5.26 Å². The summed E-state index contributed by atoms with van der Waals surface area (Å²) in [6, 6.07) is 5.81. The predicted molar refractivity (Wildman–Crippen MR) is 99.4 cm³/mol. The van der Waals surface area contributed by atoms with E-state index in [4.69, 9.17) is 17.0 Å². The Morgan fingerprint density at radius 1 is 1.36 bits per heavy atom. The monoisotopic (exact) mass is 376 g/mol. The van der Waals surface area contributed by atoms with Gasteiger partial charge in [0.25, 0.3) is 5.19 Å². The van der Waals surface area contributed by atoms with Crippen LogP contribution in [-0.2, 0) is 6.67 Å². The van der Waals surface area contributed by atoms with Gasteiger partial charge in [0.15, 0.2) is 3.95 Å². The summed E-state index contributed by atoms with van der Waals surface area (Å²) in [6.45, 7) is 7.96. The van der Waals surface area contributed by atoms with Gasteiger partial charge in [0, 0.05) is 32.4 Å². The Balaban J connectivity index is 1.61. The van der Waals surface area contributed by atoms with E-state index in [-0.39, 0.29) is 6.10 Å². The quantitative estimate of drug-likeness (QED) is 0.743. The smallest absolute Gasteiger partial charge is 0.293 e. The number of aromatic nitrogens is 3. The Kier molecular flexibility index (Phi) is 5.63. The minimum atomic E-state index is 0.0882. The van der Waals surface area contributed by atoms with E-state index in [1.54, 1.807) is 18.3 Å². The Hall–Kier alpha value is -2.02. The first kappa shape index (κ1) is 17.8. The van der Waals surface area contributed by atoms with Crippen LogP contribution >= 0.6 is 23.6 Å². The molecule has 0 N–H and O–H groups in total. The van der Waals surface area contributed by atoms with Gasteiger partial charge in [-0.05, 0) is 49.5 Å². The molecule has 0 amide bonds. The average molecular weight is 377 g/mol. The minimum Gasteiger partial charge on any atom is -0.466 e. The van der Waals surface area contributed by atoms with Gasteiger partial charge in [-0.25, -0.2) is 9.67 Å². The highest BCUT2D eigenvalue weighted by atomic mass is 32.1. The number of hydrogen-bond acceptors (Lipinski definition) is 8. The summed E-state index contributed by atoms with van der Waals surface area (Å²) in [6.07, 6.45) is 1.82. The molecule has 2 aromatic heterocycles. The second kappa shape index (κ2) is 7.91. The molecule has 0 radical (unpaired) electrons. The van der Waals surface area contributed by atoms with E-state index in [0.717, 1.165) is 36.0 Å². The van der Waals surface area contributed by atoms with Crippen LogP contribution in [0.1, 0.15) is 19.4 Å². The van der Waals surface area contributed by atoms with Gasteiger partial charge in [0.05, 0.1) is 18.3 Å². The molecule has 1 aliphatic rings. The summed E-state index contributed by atoms with van der Waals surface area (Å²) in [5.41, 5.74) is 0.619. The highest BCUT2D eigenvalue weighted by molar-refractivity contribution is 7.73. The summed E-state index contributed by atoms with van der Waals surface area (Å²) in [5.74, 6) is 0.766. The maximum Gasteiger partial charge on any atom is 0.293 e. The van der Waals surface area contributed by atoms with Crippen LogP contribution in [-0.4, -0.2) is 51.9 Å². The van der Waals surface area contributed by atoms with Gasteiger partial charge < -0.3 is 9.64 Å². The lowest BCUT2D eigenvalue weighted by molar-refractivity contribution is 0.187. The molecular formula is C16H20N6OS2. The SMILES string of the molecule is CC(C)Oc1nn(CN2CCN(c3ncccc3C#N)CC2)c(=S)s1. The van der Waals surface area contributed by atoms with Crippen molar-refractivity contribution >= 4 is 29.4 Å². The van der Waals surface area contributed by atoms with Crippen LogP contribution in [0, 0.1) is 15.3 Å². The second-order valence-corrected chi connectivity index (χ2v) is 7.62. The van der Waals surface area contributed by atoms with Crippen molar-refractivity contribution < 1.29 is 4.74 Å². The van der Waals surface area contributed by atoms with E-state index in [1.165, 1.54) is 11.3 Å². The third kappa shape index (κ3) is 4.34. The fourth-order valence-electron chi connectivity index (χ4n) is 2.65. The zero-order valence-electron chi connectivity index (χ0n) is 14.3. The van der Waals surface area contributed by atoms with Crippen LogP contribution in [0.15, 0.2) is 18.3 Å². The standard InChI is InChI=1S/C16H20N6OS2/c1-12(2)23-15-19-22(16(24)25-15)11-20-6-8-21(9-7-20)14-13(10-17)4-3-5-18-14/h3-5,12H,6-9,11H2,1-2H3. The average Bonchev–Trinajstić information content (AvgIpc) is 2.94. The van der Waals surface area contributed by atoms with E-state index in [0.29, 0.717) is 17.4 Å². The lowest BCUT2D eigenvalue weighted by Gasteiger charge is -2.35. The highest BCUT2D eigenvalue weighted by Crippen LogP contribution is 2.20. The summed E-state index contributed by atoms with van der Waals surface area (Å²) in [4.78, 5) is 8.81. The molecule has 0 saturated carbocycles. The van der Waals surface area contributed by atoms with Crippen LogP contribution in [0.2, 0.25) is 0 Å². The van der Waals surface area contributed by atoms with Crippen molar-refractivity contribution in [1.82, 2.24) is 19.7 Å². The molecule has 0 unspecified atom stereocenters. The van der Waals surface area contributed by atoms with Crippen molar-refractivity contribution in [2.75, 3.05) is 31.1 Å². The normalized spacial score (nSPS) is 15.4. The lowest BCUT2D eigenvalue weighted by Crippen LogP contribution is -2.47. The van der Waals surface area contributed by atoms with Gasteiger partial charge in [-0.3, -0.25) is 4.90 Å². The number of anilines is 1. The van der Waals surface area contributed by atoms with Crippen molar-refractivity contribution in [3.8, 4) is 11.3 Å². The second-order valence-electron chi connectivity index (χ2n) is 6.03. The maximum atomic E-state index is 9.23. The molecule has 0 aromatic carbocycles. The Morgan fingerprint density at radius 3 is 2.80 bits per heavy atom. The third-order valence-electron chi connectivity index (χ3n) is 3.84. The first-order chi connectivity index (χ1) is 12.1. The molecule has 3 rings (SSSR count). The molecular weight excluding hydrogens is 356 g/mol. The third-order valence-corrected chi connectivity index (χ3v) is 5.04. The molecule has 2 aromatic rings. The minimum absolute atomic E-state index is 0.0882. The molecule has 9 heteroatoms. The molecule has 0 aliphatic carbocycles. The lowest BCUT2D eigenvalue weighted by atomic mass is 10.2. The Labute approximate surface area is 156 Å². The number of nitriles is 1.